The zero-order chi connectivity index (χ0) is 16.3. The zero-order valence-corrected chi connectivity index (χ0v) is 14.3. The highest BCUT2D eigenvalue weighted by molar-refractivity contribution is 9.10. The molecule has 0 bridgehead atoms. The van der Waals surface area contributed by atoms with Gasteiger partial charge in [-0.05, 0) is 36.5 Å². The summed E-state index contributed by atoms with van der Waals surface area (Å²) < 4.78 is 5.69. The molecule has 120 valence electrons. The van der Waals surface area contributed by atoms with E-state index in [1.54, 1.807) is 11.0 Å². The van der Waals surface area contributed by atoms with Gasteiger partial charge in [0.05, 0.1) is 0 Å². The molecule has 0 saturated carbocycles. The third kappa shape index (κ3) is 4.22. The highest BCUT2D eigenvalue weighted by Gasteiger charge is 2.26. The van der Waals surface area contributed by atoms with Gasteiger partial charge in [-0.2, -0.15) is 0 Å². The zero-order valence-electron chi connectivity index (χ0n) is 12.7. The van der Waals surface area contributed by atoms with Gasteiger partial charge in [-0.3, -0.25) is 4.79 Å². The lowest BCUT2D eigenvalue weighted by Gasteiger charge is -2.34. The lowest BCUT2D eigenvalue weighted by Crippen LogP contribution is -2.44. The van der Waals surface area contributed by atoms with Gasteiger partial charge >= 0.3 is 5.97 Å². The molecular weight excluding hydrogens is 350 g/mol. The van der Waals surface area contributed by atoms with E-state index in [2.05, 4.69) is 29.8 Å². The van der Waals surface area contributed by atoms with Crippen LogP contribution >= 0.6 is 15.9 Å². The van der Waals surface area contributed by atoms with Gasteiger partial charge in [-0.1, -0.05) is 29.8 Å². The van der Waals surface area contributed by atoms with Crippen LogP contribution in [-0.2, 0) is 9.53 Å². The summed E-state index contributed by atoms with van der Waals surface area (Å²) in [6, 6.07) is 4.48. The van der Waals surface area contributed by atoms with Crippen molar-refractivity contribution < 1.29 is 19.4 Å². The third-order valence-electron chi connectivity index (χ3n) is 3.73. The molecule has 1 saturated heterocycles. The Kier molecular flexibility index (Phi) is 5.45. The predicted molar refractivity (Wildman–Crippen MR) is 85.6 cm³/mol. The van der Waals surface area contributed by atoms with Gasteiger partial charge in [0.2, 0.25) is 0 Å². The number of likely N-dealkylation sites (tertiary alicyclic amines) is 1. The second-order valence-electron chi connectivity index (χ2n) is 5.98. The Bertz CT molecular complexity index is 565. The smallest absolute Gasteiger partial charge is 0.342 e. The number of ether oxygens (including phenoxy) is 1. The molecule has 1 fully saturated rings. The van der Waals surface area contributed by atoms with E-state index in [1.807, 2.05) is 0 Å². The van der Waals surface area contributed by atoms with Crippen LogP contribution in [0.25, 0.3) is 0 Å². The van der Waals surface area contributed by atoms with Gasteiger partial charge in [0.1, 0.15) is 11.3 Å². The van der Waals surface area contributed by atoms with Crippen LogP contribution in [0, 0.1) is 11.8 Å². The molecule has 22 heavy (non-hydrogen) atoms. The van der Waals surface area contributed by atoms with Crippen LogP contribution in [0.1, 0.15) is 30.6 Å². The summed E-state index contributed by atoms with van der Waals surface area (Å²) in [5.74, 6) is -0.151. The number of hydrogen-bond acceptors (Lipinski definition) is 4. The summed E-state index contributed by atoms with van der Waals surface area (Å²) in [6.07, 6.45) is 1.11. The van der Waals surface area contributed by atoms with Gasteiger partial charge in [0.25, 0.3) is 5.91 Å². The first-order valence-electron chi connectivity index (χ1n) is 7.30. The number of rotatable bonds is 3. The molecule has 1 aliphatic rings. The van der Waals surface area contributed by atoms with Crippen molar-refractivity contribution in [2.24, 2.45) is 11.8 Å². The van der Waals surface area contributed by atoms with Gasteiger partial charge in [0, 0.05) is 17.6 Å². The van der Waals surface area contributed by atoms with Crippen molar-refractivity contribution in [1.82, 2.24) is 4.90 Å². The minimum atomic E-state index is -0.703. The second kappa shape index (κ2) is 7.13. The molecule has 0 radical (unpaired) electrons. The van der Waals surface area contributed by atoms with E-state index in [4.69, 9.17) is 4.74 Å². The highest BCUT2D eigenvalue weighted by atomic mass is 79.9. The maximum Gasteiger partial charge on any atom is 0.342 e. The number of amides is 1. The summed E-state index contributed by atoms with van der Waals surface area (Å²) in [4.78, 5) is 25.9. The van der Waals surface area contributed by atoms with Crippen LogP contribution in [0.4, 0.5) is 0 Å². The molecule has 5 nitrogen and oxygen atoms in total. The molecule has 0 unspecified atom stereocenters. The Balaban J connectivity index is 1.93. The van der Waals surface area contributed by atoms with E-state index in [1.165, 1.54) is 12.1 Å². The molecule has 1 aliphatic heterocycles. The van der Waals surface area contributed by atoms with E-state index in [-0.39, 0.29) is 23.8 Å². The molecule has 1 heterocycles. The maximum atomic E-state index is 12.2. The van der Waals surface area contributed by atoms with E-state index in [0.717, 1.165) is 6.42 Å². The quantitative estimate of drug-likeness (QED) is 0.831. The molecule has 2 atom stereocenters. The molecule has 1 amide bonds. The van der Waals surface area contributed by atoms with Crippen LogP contribution < -0.4 is 0 Å². The molecule has 0 aromatic heterocycles. The normalized spacial score (nSPS) is 21.5. The number of phenolic OH excluding ortho intramolecular Hbond substituents is 1. The second-order valence-corrected chi connectivity index (χ2v) is 6.90. The largest absolute Gasteiger partial charge is 0.507 e. The molecule has 0 aliphatic carbocycles. The first kappa shape index (κ1) is 16.8. The third-order valence-corrected chi connectivity index (χ3v) is 4.22. The SMILES string of the molecule is C[C@H]1C[C@H](C)CN(C(=O)COC(=O)c2cc(Br)ccc2O)C1. The van der Waals surface area contributed by atoms with Crippen LogP contribution in [0.5, 0.6) is 5.75 Å². The van der Waals surface area contributed by atoms with Gasteiger partial charge in [-0.25, -0.2) is 4.79 Å². The van der Waals surface area contributed by atoms with E-state index >= 15 is 0 Å². The number of nitrogens with zero attached hydrogens (tertiary/aromatic N) is 1. The van der Waals surface area contributed by atoms with Crippen molar-refractivity contribution in [3.05, 3.63) is 28.2 Å². The van der Waals surface area contributed by atoms with Crippen molar-refractivity contribution in [2.75, 3.05) is 19.7 Å². The fourth-order valence-electron chi connectivity index (χ4n) is 2.83. The number of benzene rings is 1. The van der Waals surface area contributed by atoms with E-state index in [9.17, 15) is 14.7 Å². The number of carbonyl (C=O) groups is 2. The summed E-state index contributed by atoms with van der Waals surface area (Å²) >= 11 is 3.23. The van der Waals surface area contributed by atoms with Crippen LogP contribution in [-0.4, -0.2) is 41.6 Å². The van der Waals surface area contributed by atoms with Crippen molar-refractivity contribution in [3.63, 3.8) is 0 Å². The summed E-state index contributed by atoms with van der Waals surface area (Å²) in [5, 5.41) is 9.67. The molecule has 2 rings (SSSR count). The molecule has 1 aromatic rings. The number of halogens is 1. The molecular formula is C16H20BrNO4. The Labute approximate surface area is 138 Å². The number of carbonyl (C=O) groups excluding carboxylic acids is 2. The lowest BCUT2D eigenvalue weighted by molar-refractivity contribution is -0.137. The van der Waals surface area contributed by atoms with Crippen LogP contribution in [0.15, 0.2) is 22.7 Å². The molecule has 1 N–H and O–H groups in total. The minimum Gasteiger partial charge on any atom is -0.507 e. The molecule has 1 aromatic carbocycles. The van der Waals surface area contributed by atoms with Gasteiger partial charge in [0.15, 0.2) is 6.61 Å². The topological polar surface area (TPSA) is 66.8 Å². The number of aromatic hydroxyl groups is 1. The Morgan fingerprint density at radius 3 is 2.59 bits per heavy atom. The minimum absolute atomic E-state index is 0.0440. The summed E-state index contributed by atoms with van der Waals surface area (Å²) in [5.41, 5.74) is 0.0440. The summed E-state index contributed by atoms with van der Waals surface area (Å²) in [6.45, 7) is 5.32. The fraction of sp³-hybridized carbons (Fsp3) is 0.500. The van der Waals surface area contributed by atoms with Crippen molar-refractivity contribution in [2.45, 2.75) is 20.3 Å². The Morgan fingerprint density at radius 1 is 1.32 bits per heavy atom. The fourth-order valence-corrected chi connectivity index (χ4v) is 3.20. The van der Waals surface area contributed by atoms with Crippen LogP contribution in [0.3, 0.4) is 0 Å². The predicted octanol–water partition coefficient (Wildman–Crippen LogP) is 2.82. The lowest BCUT2D eigenvalue weighted by atomic mass is 9.92. The molecule has 0 spiro atoms. The monoisotopic (exact) mass is 369 g/mol. The van der Waals surface area contributed by atoms with Crippen molar-refractivity contribution >= 4 is 27.8 Å². The molecule has 6 heteroatoms. The maximum absolute atomic E-state index is 12.2. The Hall–Kier alpha value is -1.56. The number of phenols is 1. The van der Waals surface area contributed by atoms with E-state index < -0.39 is 5.97 Å². The standard InChI is InChI=1S/C16H20BrNO4/c1-10-5-11(2)8-18(7-10)15(20)9-22-16(21)13-6-12(17)3-4-14(13)19/h3-4,6,10-11,19H,5,7-9H2,1-2H3/t10-,11-/m0/s1. The Morgan fingerprint density at radius 2 is 1.95 bits per heavy atom. The van der Waals surface area contributed by atoms with Crippen molar-refractivity contribution in [3.8, 4) is 5.75 Å². The first-order valence-corrected chi connectivity index (χ1v) is 8.09. The number of piperidine rings is 1. The first-order chi connectivity index (χ1) is 10.4. The average molecular weight is 370 g/mol. The summed E-state index contributed by atoms with van der Waals surface area (Å²) in [7, 11) is 0. The number of hydrogen-bond donors (Lipinski definition) is 1. The van der Waals surface area contributed by atoms with E-state index in [0.29, 0.717) is 29.4 Å². The highest BCUT2D eigenvalue weighted by Crippen LogP contribution is 2.23. The average Bonchev–Trinajstić information content (AvgIpc) is 2.45. The van der Waals surface area contributed by atoms with Crippen molar-refractivity contribution in [1.29, 1.82) is 0 Å². The van der Waals surface area contributed by atoms with Gasteiger partial charge in [-0.15, -0.1) is 0 Å². The van der Waals surface area contributed by atoms with Gasteiger partial charge < -0.3 is 14.7 Å². The number of esters is 1. The van der Waals surface area contributed by atoms with Crippen LogP contribution in [0.2, 0.25) is 0 Å².